The Balaban J connectivity index is 1.07. The number of para-hydroxylation sites is 5. The lowest BCUT2D eigenvalue weighted by atomic mass is 9.65. The Morgan fingerprint density at radius 3 is 1.68 bits per heavy atom. The SMILES string of the molecule is Cc1ccc2c(c1)C1(c3cc(N(c4ccc(N(c5ccccc5)c5ccccc5)cc4)c4cccc5ccccc45)ccc3-2)c2ccccc2-n2c3ccccc3c3cccc1c32. The van der Waals surface area contributed by atoms with E-state index in [1.165, 1.54) is 77.2 Å². The van der Waals surface area contributed by atoms with Crippen LogP contribution in [-0.2, 0) is 5.41 Å². The summed E-state index contributed by atoms with van der Waals surface area (Å²) in [6.07, 6.45) is 0. The molecular formula is C60H41N3. The monoisotopic (exact) mass is 803 g/mol. The van der Waals surface area contributed by atoms with Crippen LogP contribution in [-0.4, -0.2) is 4.57 Å². The van der Waals surface area contributed by atoms with Gasteiger partial charge >= 0.3 is 0 Å². The van der Waals surface area contributed by atoms with E-state index in [1.54, 1.807) is 0 Å². The molecule has 13 rings (SSSR count). The Bertz CT molecular complexity index is 3540. The number of fused-ring (bicyclic) bond motifs is 13. The zero-order valence-electron chi connectivity index (χ0n) is 34.8. The summed E-state index contributed by atoms with van der Waals surface area (Å²) in [7, 11) is 0. The first-order valence-electron chi connectivity index (χ1n) is 21.9. The molecule has 3 nitrogen and oxygen atoms in total. The zero-order chi connectivity index (χ0) is 41.6. The van der Waals surface area contributed by atoms with Crippen LogP contribution in [0.15, 0.2) is 231 Å². The van der Waals surface area contributed by atoms with E-state index in [4.69, 9.17) is 0 Å². The lowest BCUT2D eigenvalue weighted by Gasteiger charge is -2.40. The summed E-state index contributed by atoms with van der Waals surface area (Å²) in [5, 5.41) is 4.97. The van der Waals surface area contributed by atoms with E-state index in [0.29, 0.717) is 0 Å². The molecule has 1 spiro atoms. The third-order valence-electron chi connectivity index (χ3n) is 13.6. The van der Waals surface area contributed by atoms with Gasteiger partial charge in [-0.05, 0) is 125 Å². The Hall–Kier alpha value is -8.14. The van der Waals surface area contributed by atoms with Gasteiger partial charge in [0.25, 0.3) is 0 Å². The van der Waals surface area contributed by atoms with Crippen LogP contribution in [0.2, 0.25) is 0 Å². The van der Waals surface area contributed by atoms with Gasteiger partial charge in [-0.2, -0.15) is 0 Å². The second-order valence-electron chi connectivity index (χ2n) is 17.0. The largest absolute Gasteiger partial charge is 0.311 e. The summed E-state index contributed by atoms with van der Waals surface area (Å²) in [6, 6.07) is 85.1. The summed E-state index contributed by atoms with van der Waals surface area (Å²) >= 11 is 0. The molecule has 0 saturated carbocycles. The summed E-state index contributed by atoms with van der Waals surface area (Å²) in [6.45, 7) is 2.23. The van der Waals surface area contributed by atoms with Gasteiger partial charge in [-0.3, -0.25) is 0 Å². The second kappa shape index (κ2) is 13.7. The second-order valence-corrected chi connectivity index (χ2v) is 17.0. The topological polar surface area (TPSA) is 11.4 Å². The molecule has 0 radical (unpaired) electrons. The molecule has 11 aromatic rings. The quantitative estimate of drug-likeness (QED) is 0.166. The smallest absolute Gasteiger partial charge is 0.0755 e. The van der Waals surface area contributed by atoms with E-state index in [2.05, 4.69) is 252 Å². The summed E-state index contributed by atoms with van der Waals surface area (Å²) in [5.41, 5.74) is 18.9. The zero-order valence-corrected chi connectivity index (χ0v) is 34.8. The first-order chi connectivity index (χ1) is 31.2. The van der Waals surface area contributed by atoms with Crippen LogP contribution in [0.3, 0.4) is 0 Å². The first-order valence-corrected chi connectivity index (χ1v) is 21.9. The number of hydrogen-bond acceptors (Lipinski definition) is 2. The third kappa shape index (κ3) is 5.08. The molecule has 63 heavy (non-hydrogen) atoms. The third-order valence-corrected chi connectivity index (χ3v) is 13.6. The lowest BCUT2D eigenvalue weighted by Crippen LogP contribution is -2.33. The average Bonchev–Trinajstić information content (AvgIpc) is 3.83. The maximum atomic E-state index is 2.52. The van der Waals surface area contributed by atoms with Crippen LogP contribution in [0.1, 0.15) is 27.8 Å². The number of anilines is 6. The molecule has 2 aliphatic rings. The molecule has 0 bridgehead atoms. The molecule has 1 aliphatic carbocycles. The number of aryl methyl sites for hydroxylation is 1. The number of benzene rings is 10. The van der Waals surface area contributed by atoms with Crippen molar-refractivity contribution in [1.29, 1.82) is 0 Å². The predicted octanol–water partition coefficient (Wildman–Crippen LogP) is 15.9. The minimum Gasteiger partial charge on any atom is -0.311 e. The van der Waals surface area contributed by atoms with Crippen LogP contribution in [0.25, 0.3) is 49.4 Å². The number of rotatable bonds is 6. The lowest BCUT2D eigenvalue weighted by molar-refractivity contribution is 0.747. The van der Waals surface area contributed by atoms with Gasteiger partial charge in [0.15, 0.2) is 0 Å². The molecule has 1 atom stereocenters. The fraction of sp³-hybridized carbons (Fsp3) is 0.0333. The maximum absolute atomic E-state index is 2.52. The van der Waals surface area contributed by atoms with Crippen molar-refractivity contribution in [2.24, 2.45) is 0 Å². The van der Waals surface area contributed by atoms with Gasteiger partial charge in [0.1, 0.15) is 0 Å². The molecule has 2 heterocycles. The van der Waals surface area contributed by atoms with Gasteiger partial charge in [-0.15, -0.1) is 0 Å². The molecule has 0 N–H and O–H groups in total. The van der Waals surface area contributed by atoms with E-state index in [-0.39, 0.29) is 0 Å². The minimum atomic E-state index is -0.562. The van der Waals surface area contributed by atoms with Crippen molar-refractivity contribution in [3.63, 3.8) is 0 Å². The number of aromatic nitrogens is 1. The highest BCUT2D eigenvalue weighted by Gasteiger charge is 2.51. The van der Waals surface area contributed by atoms with Gasteiger partial charge in [0.2, 0.25) is 0 Å². The molecular weight excluding hydrogens is 763 g/mol. The van der Waals surface area contributed by atoms with Crippen LogP contribution < -0.4 is 9.80 Å². The fourth-order valence-corrected chi connectivity index (χ4v) is 11.0. The molecule has 0 fully saturated rings. The number of hydrogen-bond donors (Lipinski definition) is 0. The Kier molecular flexibility index (Phi) is 7.73. The summed E-state index contributed by atoms with van der Waals surface area (Å²) in [4.78, 5) is 4.79. The molecule has 1 aliphatic heterocycles. The van der Waals surface area contributed by atoms with Crippen LogP contribution >= 0.6 is 0 Å². The van der Waals surface area contributed by atoms with Crippen molar-refractivity contribution in [2.45, 2.75) is 12.3 Å². The van der Waals surface area contributed by atoms with Crippen molar-refractivity contribution in [3.8, 4) is 16.8 Å². The summed E-state index contributed by atoms with van der Waals surface area (Å²) < 4.78 is 2.52. The highest BCUT2D eigenvalue weighted by molar-refractivity contribution is 6.13. The van der Waals surface area contributed by atoms with Crippen LogP contribution in [0.5, 0.6) is 0 Å². The predicted molar refractivity (Wildman–Crippen MR) is 263 cm³/mol. The molecule has 3 heteroatoms. The highest BCUT2D eigenvalue weighted by Crippen LogP contribution is 2.62. The van der Waals surface area contributed by atoms with Crippen molar-refractivity contribution in [2.75, 3.05) is 9.80 Å². The number of nitrogens with zero attached hydrogens (tertiary/aromatic N) is 3. The average molecular weight is 804 g/mol. The van der Waals surface area contributed by atoms with Crippen molar-refractivity contribution < 1.29 is 0 Å². The molecule has 0 saturated heterocycles. The van der Waals surface area contributed by atoms with Crippen LogP contribution in [0, 0.1) is 6.92 Å². The van der Waals surface area contributed by atoms with Gasteiger partial charge < -0.3 is 14.4 Å². The van der Waals surface area contributed by atoms with E-state index in [0.717, 1.165) is 34.1 Å². The maximum Gasteiger partial charge on any atom is 0.0755 e. The van der Waals surface area contributed by atoms with Gasteiger partial charge in [0.05, 0.1) is 27.8 Å². The van der Waals surface area contributed by atoms with Crippen molar-refractivity contribution in [1.82, 2.24) is 4.57 Å². The minimum absolute atomic E-state index is 0.562. The Morgan fingerprint density at radius 1 is 0.365 bits per heavy atom. The van der Waals surface area contributed by atoms with Crippen molar-refractivity contribution in [3.05, 3.63) is 258 Å². The first kappa shape index (κ1) is 35.6. The van der Waals surface area contributed by atoms with Crippen LogP contribution in [0.4, 0.5) is 34.1 Å². The Morgan fingerprint density at radius 2 is 0.905 bits per heavy atom. The van der Waals surface area contributed by atoms with Gasteiger partial charge in [-0.1, -0.05) is 157 Å². The normalized spacial score (nSPS) is 14.5. The molecule has 0 amide bonds. The standard InChI is InChI=1S/C60H41N3/c1-40-30-36-48-49-37-35-46(39-55(49)60(54(48)38-40)52-25-11-13-28-58(52)63-57-27-12-10-23-50(57)51-24-15-26-53(60)59(51)63)62(56-29-14-17-41-16-8-9-22-47(41)56)45-33-31-44(32-34-45)61(42-18-4-2-5-19-42)43-20-6-3-7-21-43/h2-39H,1H3. The summed E-state index contributed by atoms with van der Waals surface area (Å²) in [5.74, 6) is 0. The molecule has 1 unspecified atom stereocenters. The molecule has 296 valence electrons. The van der Waals surface area contributed by atoms with Crippen molar-refractivity contribution >= 4 is 66.7 Å². The highest BCUT2D eigenvalue weighted by atomic mass is 15.2. The fourth-order valence-electron chi connectivity index (χ4n) is 11.0. The van der Waals surface area contributed by atoms with E-state index >= 15 is 0 Å². The van der Waals surface area contributed by atoms with E-state index < -0.39 is 5.41 Å². The van der Waals surface area contributed by atoms with E-state index in [9.17, 15) is 0 Å². The van der Waals surface area contributed by atoms with E-state index in [1.807, 2.05) is 0 Å². The van der Waals surface area contributed by atoms with Gasteiger partial charge in [0, 0.05) is 44.6 Å². The van der Waals surface area contributed by atoms with Gasteiger partial charge in [-0.25, -0.2) is 0 Å². The molecule has 1 aromatic heterocycles. The Labute approximate surface area is 367 Å². The molecule has 10 aromatic carbocycles.